The van der Waals surface area contributed by atoms with Crippen molar-refractivity contribution in [3.8, 4) is 5.75 Å². The number of hydrogen-bond donors (Lipinski definition) is 1. The molecule has 1 aliphatic rings. The Balaban J connectivity index is 1.93. The Morgan fingerprint density at radius 3 is 3.05 bits per heavy atom. The van der Waals surface area contributed by atoms with Crippen molar-refractivity contribution in [2.24, 2.45) is 5.73 Å². The van der Waals surface area contributed by atoms with Crippen molar-refractivity contribution < 1.29 is 13.9 Å². The molecule has 0 aromatic heterocycles. The molecule has 1 aromatic carbocycles. The van der Waals surface area contributed by atoms with Gasteiger partial charge in [-0.2, -0.15) is 0 Å². The fourth-order valence-corrected chi connectivity index (χ4v) is 2.56. The Morgan fingerprint density at radius 2 is 2.37 bits per heavy atom. The van der Waals surface area contributed by atoms with Crippen LogP contribution in [0, 0.1) is 5.82 Å². The third kappa shape index (κ3) is 3.45. The van der Waals surface area contributed by atoms with E-state index in [1.807, 2.05) is 0 Å². The normalized spacial score (nSPS) is 18.7. The number of benzene rings is 1. The van der Waals surface area contributed by atoms with E-state index >= 15 is 0 Å². The first kappa shape index (κ1) is 14.3. The molecule has 0 saturated carbocycles. The Hall–Kier alpha value is -1.14. The fourth-order valence-electron chi connectivity index (χ4n) is 2.22. The molecule has 19 heavy (non-hydrogen) atoms. The van der Waals surface area contributed by atoms with Crippen LogP contribution in [0.5, 0.6) is 5.75 Å². The second kappa shape index (κ2) is 6.34. The number of carbonyl (C=O) groups is 1. The summed E-state index contributed by atoms with van der Waals surface area (Å²) in [7, 11) is 0. The van der Waals surface area contributed by atoms with Gasteiger partial charge < -0.3 is 15.4 Å². The maximum atomic E-state index is 13.5. The quantitative estimate of drug-likeness (QED) is 0.917. The van der Waals surface area contributed by atoms with E-state index in [2.05, 4.69) is 15.9 Å². The number of carbonyl (C=O) groups excluding carboxylic acids is 1. The summed E-state index contributed by atoms with van der Waals surface area (Å²) in [5, 5.41) is 0. The lowest BCUT2D eigenvalue weighted by Crippen LogP contribution is -2.42. The van der Waals surface area contributed by atoms with Crippen LogP contribution in [0.25, 0.3) is 0 Å². The molecule has 1 aromatic rings. The van der Waals surface area contributed by atoms with Crippen molar-refractivity contribution in [1.29, 1.82) is 0 Å². The Bertz CT molecular complexity index is 470. The lowest BCUT2D eigenvalue weighted by atomic mass is 10.2. The molecule has 1 atom stereocenters. The van der Waals surface area contributed by atoms with E-state index in [1.165, 1.54) is 12.1 Å². The van der Waals surface area contributed by atoms with Gasteiger partial charge in [-0.05, 0) is 31.0 Å². The van der Waals surface area contributed by atoms with Crippen LogP contribution in [0.4, 0.5) is 4.39 Å². The third-order valence-corrected chi connectivity index (χ3v) is 3.71. The first-order valence-corrected chi connectivity index (χ1v) is 6.98. The average molecular weight is 331 g/mol. The molecule has 0 aliphatic carbocycles. The van der Waals surface area contributed by atoms with Gasteiger partial charge in [0.05, 0.1) is 0 Å². The van der Waals surface area contributed by atoms with Gasteiger partial charge in [0, 0.05) is 23.6 Å². The van der Waals surface area contributed by atoms with E-state index in [4.69, 9.17) is 10.5 Å². The summed E-state index contributed by atoms with van der Waals surface area (Å²) in [6, 6.07) is 4.56. The average Bonchev–Trinajstić information content (AvgIpc) is 2.85. The van der Waals surface area contributed by atoms with Crippen LogP contribution < -0.4 is 10.5 Å². The van der Waals surface area contributed by atoms with Crippen molar-refractivity contribution in [1.82, 2.24) is 4.90 Å². The maximum Gasteiger partial charge on any atom is 0.260 e. The number of ether oxygens (including phenoxy) is 1. The number of nitrogens with two attached hydrogens (primary N) is 1. The minimum absolute atomic E-state index is 0.0834. The topological polar surface area (TPSA) is 55.6 Å². The van der Waals surface area contributed by atoms with Crippen LogP contribution in [-0.2, 0) is 4.79 Å². The summed E-state index contributed by atoms with van der Waals surface area (Å²) >= 11 is 3.16. The summed E-state index contributed by atoms with van der Waals surface area (Å²) in [4.78, 5) is 13.7. The van der Waals surface area contributed by atoms with Gasteiger partial charge in [0.15, 0.2) is 18.2 Å². The molecule has 1 heterocycles. The van der Waals surface area contributed by atoms with E-state index in [1.54, 1.807) is 11.0 Å². The van der Waals surface area contributed by atoms with Crippen LogP contribution in [-0.4, -0.2) is 36.5 Å². The SMILES string of the molecule is NC[C@@H]1CCCN1C(=O)COc1ccc(Br)cc1F. The Morgan fingerprint density at radius 1 is 1.58 bits per heavy atom. The van der Waals surface area contributed by atoms with Crippen LogP contribution in [0.15, 0.2) is 22.7 Å². The monoisotopic (exact) mass is 330 g/mol. The number of hydrogen-bond acceptors (Lipinski definition) is 3. The lowest BCUT2D eigenvalue weighted by molar-refractivity contribution is -0.134. The molecule has 4 nitrogen and oxygen atoms in total. The molecule has 0 unspecified atom stereocenters. The van der Waals surface area contributed by atoms with Crippen LogP contribution in [0.1, 0.15) is 12.8 Å². The zero-order chi connectivity index (χ0) is 13.8. The summed E-state index contributed by atoms with van der Waals surface area (Å²) < 4.78 is 19.4. The number of halogens is 2. The molecule has 104 valence electrons. The number of nitrogens with zero attached hydrogens (tertiary/aromatic N) is 1. The Kier molecular flexibility index (Phi) is 4.76. The van der Waals surface area contributed by atoms with Gasteiger partial charge >= 0.3 is 0 Å². The first-order chi connectivity index (χ1) is 9.11. The minimum Gasteiger partial charge on any atom is -0.481 e. The second-order valence-corrected chi connectivity index (χ2v) is 5.40. The standard InChI is InChI=1S/C13H16BrFN2O2/c14-9-3-4-12(11(15)6-9)19-8-13(18)17-5-1-2-10(17)7-16/h3-4,6,10H,1-2,5,7-8,16H2/t10-/m0/s1. The highest BCUT2D eigenvalue weighted by molar-refractivity contribution is 9.10. The van der Waals surface area contributed by atoms with Gasteiger partial charge in [0.1, 0.15) is 0 Å². The second-order valence-electron chi connectivity index (χ2n) is 4.48. The van der Waals surface area contributed by atoms with E-state index in [0.29, 0.717) is 17.6 Å². The molecule has 1 fully saturated rings. The summed E-state index contributed by atoms with van der Waals surface area (Å²) in [5.74, 6) is -0.547. The van der Waals surface area contributed by atoms with Crippen molar-refractivity contribution in [3.63, 3.8) is 0 Å². The third-order valence-electron chi connectivity index (χ3n) is 3.21. The van der Waals surface area contributed by atoms with Crippen molar-refractivity contribution in [2.75, 3.05) is 19.7 Å². The van der Waals surface area contributed by atoms with Crippen molar-refractivity contribution in [2.45, 2.75) is 18.9 Å². The predicted octanol–water partition coefficient (Wildman–Crippen LogP) is 1.92. The Labute approximate surface area is 119 Å². The van der Waals surface area contributed by atoms with Gasteiger partial charge in [-0.25, -0.2) is 4.39 Å². The van der Waals surface area contributed by atoms with E-state index in [0.717, 1.165) is 12.8 Å². The smallest absolute Gasteiger partial charge is 0.260 e. The van der Waals surface area contributed by atoms with Crippen molar-refractivity contribution in [3.05, 3.63) is 28.5 Å². The summed E-state index contributed by atoms with van der Waals surface area (Å²) in [6.45, 7) is 1.00. The van der Waals surface area contributed by atoms with Crippen LogP contribution in [0.2, 0.25) is 0 Å². The first-order valence-electron chi connectivity index (χ1n) is 6.19. The van der Waals surface area contributed by atoms with Crippen LogP contribution in [0.3, 0.4) is 0 Å². The maximum absolute atomic E-state index is 13.5. The van der Waals surface area contributed by atoms with E-state index in [9.17, 15) is 9.18 Å². The molecule has 2 N–H and O–H groups in total. The summed E-state index contributed by atoms with van der Waals surface area (Å²) in [6.07, 6.45) is 1.88. The lowest BCUT2D eigenvalue weighted by Gasteiger charge is -2.23. The van der Waals surface area contributed by atoms with Crippen molar-refractivity contribution >= 4 is 21.8 Å². The molecular weight excluding hydrogens is 315 g/mol. The number of likely N-dealkylation sites (tertiary alicyclic amines) is 1. The molecule has 2 rings (SSSR count). The van der Waals surface area contributed by atoms with Gasteiger partial charge in [0.2, 0.25) is 0 Å². The molecular formula is C13H16BrFN2O2. The molecule has 6 heteroatoms. The molecule has 1 saturated heterocycles. The van der Waals surface area contributed by atoms with Gasteiger partial charge in [-0.1, -0.05) is 15.9 Å². The number of amides is 1. The predicted molar refractivity (Wildman–Crippen MR) is 73.4 cm³/mol. The van der Waals surface area contributed by atoms with E-state index < -0.39 is 5.82 Å². The van der Waals surface area contributed by atoms with E-state index in [-0.39, 0.29) is 24.3 Å². The fraction of sp³-hybridized carbons (Fsp3) is 0.462. The molecule has 0 radical (unpaired) electrons. The number of rotatable bonds is 4. The molecule has 1 amide bonds. The molecule has 0 bridgehead atoms. The van der Waals surface area contributed by atoms with Gasteiger partial charge in [-0.15, -0.1) is 0 Å². The zero-order valence-electron chi connectivity index (χ0n) is 10.4. The molecule has 1 aliphatic heterocycles. The largest absolute Gasteiger partial charge is 0.481 e. The highest BCUT2D eigenvalue weighted by atomic mass is 79.9. The van der Waals surface area contributed by atoms with Gasteiger partial charge in [-0.3, -0.25) is 4.79 Å². The summed E-state index contributed by atoms with van der Waals surface area (Å²) in [5.41, 5.74) is 5.61. The zero-order valence-corrected chi connectivity index (χ0v) is 12.0. The highest BCUT2D eigenvalue weighted by Gasteiger charge is 2.27. The minimum atomic E-state index is -0.487. The van der Waals surface area contributed by atoms with Gasteiger partial charge in [0.25, 0.3) is 5.91 Å². The highest BCUT2D eigenvalue weighted by Crippen LogP contribution is 2.22. The van der Waals surface area contributed by atoms with Crippen LogP contribution >= 0.6 is 15.9 Å². The molecule has 0 spiro atoms.